The van der Waals surface area contributed by atoms with Gasteiger partial charge in [0, 0.05) is 25.4 Å². The first-order valence-electron chi connectivity index (χ1n) is 9.15. The van der Waals surface area contributed by atoms with Crippen LogP contribution in [-0.2, 0) is 21.1 Å². The van der Waals surface area contributed by atoms with Gasteiger partial charge < -0.3 is 14.2 Å². The van der Waals surface area contributed by atoms with E-state index in [1.54, 1.807) is 9.80 Å². The Hall–Kier alpha value is -1.90. The molecule has 9 heteroatoms. The molecule has 0 unspecified atom stereocenters. The molecule has 0 aromatic carbocycles. The maximum absolute atomic E-state index is 13.0. The first-order chi connectivity index (χ1) is 12.4. The molecular formula is C17H23N3O5S. The Balaban J connectivity index is 1.61. The van der Waals surface area contributed by atoms with Gasteiger partial charge in [-0.25, -0.2) is 13.4 Å². The number of hydrogen-bond acceptors (Lipinski definition) is 6. The monoisotopic (exact) mass is 381 g/mol. The lowest BCUT2D eigenvalue weighted by molar-refractivity contribution is -0.143. The summed E-state index contributed by atoms with van der Waals surface area (Å²) in [5.74, 6) is 0.0877. The van der Waals surface area contributed by atoms with Crippen LogP contribution < -0.4 is 0 Å². The first-order valence-corrected chi connectivity index (χ1v) is 11.0. The lowest BCUT2D eigenvalue weighted by Crippen LogP contribution is -2.63. The third-order valence-corrected chi connectivity index (χ3v) is 7.54. The fourth-order valence-corrected chi connectivity index (χ4v) is 6.18. The van der Waals surface area contributed by atoms with E-state index in [0.29, 0.717) is 25.3 Å². The molecule has 0 N–H and O–H groups in total. The highest BCUT2D eigenvalue weighted by Gasteiger charge is 2.51. The van der Waals surface area contributed by atoms with Crippen LogP contribution >= 0.6 is 0 Å². The minimum atomic E-state index is -3.29. The fourth-order valence-electron chi connectivity index (χ4n) is 4.20. The number of sulfone groups is 1. The zero-order valence-corrected chi connectivity index (χ0v) is 15.6. The van der Waals surface area contributed by atoms with Gasteiger partial charge in [-0.2, -0.15) is 0 Å². The highest BCUT2D eigenvalue weighted by molar-refractivity contribution is 7.91. The fraction of sp³-hybridized carbons (Fsp3) is 0.706. The minimum Gasteiger partial charge on any atom is -0.448 e. The number of aromatic nitrogens is 1. The van der Waals surface area contributed by atoms with Crippen molar-refractivity contribution in [1.82, 2.24) is 14.8 Å². The second kappa shape index (κ2) is 6.37. The summed E-state index contributed by atoms with van der Waals surface area (Å²) < 4.78 is 29.8. The van der Waals surface area contributed by atoms with E-state index in [0.717, 1.165) is 19.3 Å². The van der Waals surface area contributed by atoms with Crippen LogP contribution in [0.15, 0.2) is 10.8 Å². The number of carbonyl (C=O) groups is 2. The molecule has 1 aromatic heterocycles. The van der Waals surface area contributed by atoms with E-state index in [2.05, 4.69) is 4.98 Å². The van der Waals surface area contributed by atoms with E-state index in [1.165, 1.54) is 6.39 Å². The lowest BCUT2D eigenvalue weighted by Gasteiger charge is -2.45. The van der Waals surface area contributed by atoms with Crippen molar-refractivity contribution >= 4 is 21.7 Å². The maximum atomic E-state index is 13.0. The normalized spacial score (nSPS) is 27.9. The van der Waals surface area contributed by atoms with Gasteiger partial charge in [-0.1, -0.05) is 13.3 Å². The van der Waals surface area contributed by atoms with Crippen molar-refractivity contribution in [2.24, 2.45) is 5.92 Å². The van der Waals surface area contributed by atoms with E-state index >= 15 is 0 Å². The number of nitrogens with zero attached hydrogens (tertiary/aromatic N) is 3. The standard InChI is InChI=1S/C17H23N3O5S/c1-2-14-15(18-10-25-14)17(22)20-7-6-19(16(21)11-4-3-5-11)12-8-26(23,24)9-13(12)20/h10-13H,2-9H2,1H3/t12-,13+/m1/s1. The molecule has 2 saturated heterocycles. The Morgan fingerprint density at radius 3 is 2.46 bits per heavy atom. The SMILES string of the molecule is CCc1ocnc1C(=O)N1CCN(C(=O)C2CCC2)[C@@H]2CS(=O)(=O)C[C@@H]21. The summed E-state index contributed by atoms with van der Waals surface area (Å²) in [4.78, 5) is 33.0. The maximum Gasteiger partial charge on any atom is 0.276 e. The van der Waals surface area contributed by atoms with Crippen molar-refractivity contribution in [2.75, 3.05) is 24.6 Å². The number of carbonyl (C=O) groups excluding carboxylic acids is 2. The number of hydrogen-bond donors (Lipinski definition) is 0. The molecule has 1 saturated carbocycles. The van der Waals surface area contributed by atoms with Crippen LogP contribution in [0.3, 0.4) is 0 Å². The quantitative estimate of drug-likeness (QED) is 0.755. The Morgan fingerprint density at radius 2 is 1.85 bits per heavy atom. The summed E-state index contributed by atoms with van der Waals surface area (Å²) >= 11 is 0. The summed E-state index contributed by atoms with van der Waals surface area (Å²) in [5, 5.41) is 0. The molecule has 1 aliphatic carbocycles. The molecule has 0 bridgehead atoms. The third kappa shape index (κ3) is 2.82. The van der Waals surface area contributed by atoms with E-state index in [4.69, 9.17) is 4.42 Å². The summed E-state index contributed by atoms with van der Waals surface area (Å²) in [5.41, 5.74) is 0.245. The van der Waals surface area contributed by atoms with E-state index in [9.17, 15) is 18.0 Å². The van der Waals surface area contributed by atoms with Crippen LogP contribution in [0.1, 0.15) is 42.4 Å². The molecule has 0 radical (unpaired) electrons. The van der Waals surface area contributed by atoms with Crippen LogP contribution in [0.5, 0.6) is 0 Å². The van der Waals surface area contributed by atoms with Crippen molar-refractivity contribution in [2.45, 2.75) is 44.7 Å². The van der Waals surface area contributed by atoms with Crippen molar-refractivity contribution in [3.63, 3.8) is 0 Å². The highest BCUT2D eigenvalue weighted by atomic mass is 32.2. The van der Waals surface area contributed by atoms with Crippen LogP contribution in [0.4, 0.5) is 0 Å². The largest absolute Gasteiger partial charge is 0.448 e. The zero-order valence-electron chi connectivity index (χ0n) is 14.8. The predicted molar refractivity (Wildman–Crippen MR) is 92.2 cm³/mol. The number of piperazine rings is 1. The Bertz CT molecular complexity index is 829. The van der Waals surface area contributed by atoms with Crippen LogP contribution in [0.25, 0.3) is 0 Å². The summed E-state index contributed by atoms with van der Waals surface area (Å²) in [6.07, 6.45) is 4.58. The number of aryl methyl sites for hydroxylation is 1. The topological polar surface area (TPSA) is 101 Å². The molecule has 26 heavy (non-hydrogen) atoms. The predicted octanol–water partition coefficient (Wildman–Crippen LogP) is 0.487. The lowest BCUT2D eigenvalue weighted by atomic mass is 9.83. The van der Waals surface area contributed by atoms with Crippen LogP contribution in [-0.4, -0.2) is 71.7 Å². The van der Waals surface area contributed by atoms with Gasteiger partial charge in [-0.3, -0.25) is 9.59 Å². The number of oxazole rings is 1. The molecule has 2 atom stereocenters. The summed E-state index contributed by atoms with van der Waals surface area (Å²) in [6, 6.07) is -0.963. The summed E-state index contributed by atoms with van der Waals surface area (Å²) in [6.45, 7) is 2.57. The third-order valence-electron chi connectivity index (χ3n) is 5.84. The molecular weight excluding hydrogens is 358 g/mol. The van der Waals surface area contributed by atoms with E-state index in [-0.39, 0.29) is 34.9 Å². The molecule has 2 aliphatic heterocycles. The first kappa shape index (κ1) is 17.5. The van der Waals surface area contributed by atoms with E-state index in [1.807, 2.05) is 6.92 Å². The smallest absolute Gasteiger partial charge is 0.276 e. The molecule has 4 rings (SSSR count). The average molecular weight is 381 g/mol. The van der Waals surface area contributed by atoms with Crippen molar-refractivity contribution in [3.05, 3.63) is 17.8 Å². The van der Waals surface area contributed by atoms with E-state index < -0.39 is 21.9 Å². The second-order valence-electron chi connectivity index (χ2n) is 7.35. The molecule has 3 aliphatic rings. The molecule has 8 nitrogen and oxygen atoms in total. The summed E-state index contributed by atoms with van der Waals surface area (Å²) in [7, 11) is -3.29. The zero-order chi connectivity index (χ0) is 18.5. The van der Waals surface area contributed by atoms with Gasteiger partial charge in [0.1, 0.15) is 5.76 Å². The highest BCUT2D eigenvalue weighted by Crippen LogP contribution is 2.34. The van der Waals surface area contributed by atoms with Gasteiger partial charge in [0.25, 0.3) is 5.91 Å². The van der Waals surface area contributed by atoms with Crippen molar-refractivity contribution < 1.29 is 22.4 Å². The number of amides is 2. The van der Waals surface area contributed by atoms with Gasteiger partial charge in [0.05, 0.1) is 23.6 Å². The molecule has 3 fully saturated rings. The molecule has 3 heterocycles. The van der Waals surface area contributed by atoms with Crippen molar-refractivity contribution in [3.8, 4) is 0 Å². The Morgan fingerprint density at radius 1 is 1.19 bits per heavy atom. The molecule has 1 aromatic rings. The average Bonchev–Trinajstić information content (AvgIpc) is 3.13. The van der Waals surface area contributed by atoms with Gasteiger partial charge in [0.2, 0.25) is 5.91 Å². The van der Waals surface area contributed by atoms with Gasteiger partial charge in [-0.15, -0.1) is 0 Å². The van der Waals surface area contributed by atoms with Gasteiger partial charge in [0.15, 0.2) is 21.9 Å². The van der Waals surface area contributed by atoms with Gasteiger partial charge >= 0.3 is 0 Å². The number of rotatable bonds is 3. The Kier molecular flexibility index (Phi) is 4.29. The minimum absolute atomic E-state index is 0.0171. The Labute approximate surface area is 152 Å². The van der Waals surface area contributed by atoms with Crippen LogP contribution in [0.2, 0.25) is 0 Å². The van der Waals surface area contributed by atoms with Crippen molar-refractivity contribution in [1.29, 1.82) is 0 Å². The molecule has 142 valence electrons. The molecule has 0 spiro atoms. The van der Waals surface area contributed by atoms with Crippen LogP contribution in [0, 0.1) is 5.92 Å². The number of fused-ring (bicyclic) bond motifs is 1. The molecule has 2 amide bonds. The second-order valence-corrected chi connectivity index (χ2v) is 9.50. The van der Waals surface area contributed by atoms with Gasteiger partial charge in [-0.05, 0) is 12.8 Å².